The molecule has 2 heterocycles. The molecule has 0 atom stereocenters. The number of likely N-dealkylation sites (tertiary alicyclic amines) is 1. The predicted molar refractivity (Wildman–Crippen MR) is 110 cm³/mol. The van der Waals surface area contributed by atoms with E-state index in [-0.39, 0.29) is 18.0 Å². The Morgan fingerprint density at radius 1 is 1.10 bits per heavy atom. The van der Waals surface area contributed by atoms with E-state index in [1.807, 2.05) is 21.7 Å². The van der Waals surface area contributed by atoms with Crippen molar-refractivity contribution in [2.45, 2.75) is 38.1 Å². The van der Waals surface area contributed by atoms with Gasteiger partial charge in [0.25, 0.3) is 0 Å². The summed E-state index contributed by atoms with van der Waals surface area (Å²) in [6.45, 7) is 1.48. The molecule has 0 radical (unpaired) electrons. The number of rotatable bonds is 6. The van der Waals surface area contributed by atoms with E-state index in [1.165, 1.54) is 12.8 Å². The monoisotopic (exact) mass is 397 g/mol. The summed E-state index contributed by atoms with van der Waals surface area (Å²) < 4.78 is 7.12. The number of para-hydroxylation sites is 2. The van der Waals surface area contributed by atoms with E-state index in [0.717, 1.165) is 25.9 Å². The van der Waals surface area contributed by atoms with Crippen molar-refractivity contribution in [2.75, 3.05) is 30.8 Å². The average molecular weight is 397 g/mol. The quantitative estimate of drug-likeness (QED) is 0.781. The van der Waals surface area contributed by atoms with Gasteiger partial charge >= 0.3 is 6.03 Å². The van der Waals surface area contributed by atoms with Gasteiger partial charge in [-0.2, -0.15) is 5.10 Å². The summed E-state index contributed by atoms with van der Waals surface area (Å²) in [6.07, 6.45) is 6.44. The number of carbonyl (C=O) groups is 2. The van der Waals surface area contributed by atoms with Gasteiger partial charge in [-0.1, -0.05) is 12.1 Å². The summed E-state index contributed by atoms with van der Waals surface area (Å²) in [5.74, 6) is 2.13. The van der Waals surface area contributed by atoms with E-state index in [2.05, 4.69) is 15.7 Å². The first kappa shape index (κ1) is 19.3. The standard InChI is InChI=1S/C21H27N5O3/c1-29-18-5-3-2-4-17(18)23-21(28)24-19-8-11-22-26(19)16-9-12-25(13-10-16)20(27)14-15-6-7-15/h2-5,8,11,15-16H,6-7,9-10,12-14H2,1H3,(H2,23,24,28). The van der Waals surface area contributed by atoms with Crippen molar-refractivity contribution in [1.82, 2.24) is 14.7 Å². The predicted octanol–water partition coefficient (Wildman–Crippen LogP) is 3.50. The Morgan fingerprint density at radius 2 is 1.86 bits per heavy atom. The molecule has 2 fully saturated rings. The molecule has 0 spiro atoms. The molecule has 4 rings (SSSR count). The number of aromatic nitrogens is 2. The Labute approximate surface area is 170 Å². The van der Waals surface area contributed by atoms with Gasteiger partial charge in [-0.3, -0.25) is 10.1 Å². The number of ether oxygens (including phenoxy) is 1. The van der Waals surface area contributed by atoms with Crippen LogP contribution >= 0.6 is 0 Å². The summed E-state index contributed by atoms with van der Waals surface area (Å²) >= 11 is 0. The summed E-state index contributed by atoms with van der Waals surface area (Å²) in [5.41, 5.74) is 0.598. The fourth-order valence-electron chi connectivity index (χ4n) is 3.78. The van der Waals surface area contributed by atoms with E-state index >= 15 is 0 Å². The third-order valence-electron chi connectivity index (χ3n) is 5.59. The highest BCUT2D eigenvalue weighted by atomic mass is 16.5. The number of amides is 3. The smallest absolute Gasteiger partial charge is 0.324 e. The molecule has 1 aromatic carbocycles. The van der Waals surface area contributed by atoms with Crippen molar-refractivity contribution in [3.05, 3.63) is 36.5 Å². The van der Waals surface area contributed by atoms with Crippen molar-refractivity contribution in [3.63, 3.8) is 0 Å². The van der Waals surface area contributed by atoms with Crippen LogP contribution in [-0.4, -0.2) is 46.8 Å². The maximum absolute atomic E-state index is 12.5. The Morgan fingerprint density at radius 3 is 2.59 bits per heavy atom. The molecule has 3 amide bonds. The Kier molecular flexibility index (Phi) is 5.69. The first-order valence-corrected chi connectivity index (χ1v) is 10.2. The second kappa shape index (κ2) is 8.55. The third-order valence-corrected chi connectivity index (χ3v) is 5.59. The van der Waals surface area contributed by atoms with Crippen LogP contribution in [0.1, 0.15) is 38.1 Å². The van der Waals surface area contributed by atoms with E-state index in [1.54, 1.807) is 31.5 Å². The fourth-order valence-corrected chi connectivity index (χ4v) is 3.78. The molecule has 29 heavy (non-hydrogen) atoms. The van der Waals surface area contributed by atoms with Gasteiger partial charge in [-0.15, -0.1) is 0 Å². The van der Waals surface area contributed by atoms with Crippen LogP contribution in [0.25, 0.3) is 0 Å². The van der Waals surface area contributed by atoms with E-state index in [4.69, 9.17) is 4.74 Å². The minimum atomic E-state index is -0.353. The number of hydrogen-bond donors (Lipinski definition) is 2. The molecule has 1 aliphatic carbocycles. The largest absolute Gasteiger partial charge is 0.495 e. The van der Waals surface area contributed by atoms with Crippen LogP contribution < -0.4 is 15.4 Å². The number of benzene rings is 1. The molecule has 0 unspecified atom stereocenters. The SMILES string of the molecule is COc1ccccc1NC(=O)Nc1ccnn1C1CCN(C(=O)CC2CC2)CC1. The van der Waals surface area contributed by atoms with Gasteiger partial charge in [-0.05, 0) is 43.7 Å². The molecular formula is C21H27N5O3. The Balaban J connectivity index is 1.34. The molecule has 8 heteroatoms. The molecule has 0 bridgehead atoms. The number of piperidine rings is 1. The van der Waals surface area contributed by atoms with Crippen molar-refractivity contribution in [1.29, 1.82) is 0 Å². The lowest BCUT2D eigenvalue weighted by atomic mass is 10.0. The van der Waals surface area contributed by atoms with Crippen LogP contribution in [0, 0.1) is 5.92 Å². The summed E-state index contributed by atoms with van der Waals surface area (Å²) in [5, 5.41) is 10.1. The minimum Gasteiger partial charge on any atom is -0.495 e. The number of nitrogens with one attached hydrogen (secondary N) is 2. The van der Waals surface area contributed by atoms with Gasteiger partial charge in [0, 0.05) is 25.6 Å². The molecule has 2 N–H and O–H groups in total. The summed E-state index contributed by atoms with van der Waals surface area (Å²) in [6, 6.07) is 8.85. The van der Waals surface area contributed by atoms with Gasteiger partial charge in [0.2, 0.25) is 5.91 Å². The topological polar surface area (TPSA) is 88.5 Å². The molecule has 1 saturated heterocycles. The molecular weight excluding hydrogens is 370 g/mol. The Bertz CT molecular complexity index is 869. The highest BCUT2D eigenvalue weighted by Crippen LogP contribution is 2.34. The van der Waals surface area contributed by atoms with Crippen molar-refractivity contribution < 1.29 is 14.3 Å². The molecule has 2 aromatic rings. The minimum absolute atomic E-state index is 0.163. The van der Waals surface area contributed by atoms with E-state index < -0.39 is 0 Å². The highest BCUT2D eigenvalue weighted by molar-refractivity contribution is 6.00. The number of anilines is 2. The van der Waals surface area contributed by atoms with Crippen LogP contribution in [-0.2, 0) is 4.79 Å². The first-order chi connectivity index (χ1) is 14.1. The zero-order valence-electron chi connectivity index (χ0n) is 16.6. The third kappa shape index (κ3) is 4.70. The zero-order chi connectivity index (χ0) is 20.2. The molecule has 1 saturated carbocycles. The van der Waals surface area contributed by atoms with Crippen LogP contribution in [0.15, 0.2) is 36.5 Å². The lowest BCUT2D eigenvalue weighted by Crippen LogP contribution is -2.39. The van der Waals surface area contributed by atoms with E-state index in [9.17, 15) is 9.59 Å². The average Bonchev–Trinajstić information content (AvgIpc) is 3.43. The van der Waals surface area contributed by atoms with Crippen molar-refractivity contribution in [2.24, 2.45) is 5.92 Å². The van der Waals surface area contributed by atoms with Gasteiger partial charge in [0.05, 0.1) is 25.0 Å². The first-order valence-electron chi connectivity index (χ1n) is 10.2. The van der Waals surface area contributed by atoms with Gasteiger partial charge in [0.15, 0.2) is 0 Å². The van der Waals surface area contributed by atoms with Crippen LogP contribution in [0.5, 0.6) is 5.75 Å². The molecule has 2 aliphatic rings. The molecule has 1 aliphatic heterocycles. The second-order valence-electron chi connectivity index (χ2n) is 7.70. The molecule has 8 nitrogen and oxygen atoms in total. The van der Waals surface area contributed by atoms with Gasteiger partial charge < -0.3 is 15.0 Å². The maximum atomic E-state index is 12.5. The van der Waals surface area contributed by atoms with E-state index in [0.29, 0.717) is 29.6 Å². The lowest BCUT2D eigenvalue weighted by molar-refractivity contribution is -0.132. The van der Waals surface area contributed by atoms with Crippen LogP contribution in [0.2, 0.25) is 0 Å². The molecule has 154 valence electrons. The van der Waals surface area contributed by atoms with Crippen molar-refractivity contribution in [3.8, 4) is 5.75 Å². The van der Waals surface area contributed by atoms with Crippen LogP contribution in [0.3, 0.4) is 0 Å². The van der Waals surface area contributed by atoms with Gasteiger partial charge in [0.1, 0.15) is 11.6 Å². The van der Waals surface area contributed by atoms with Gasteiger partial charge in [-0.25, -0.2) is 9.48 Å². The number of methoxy groups -OCH3 is 1. The highest BCUT2D eigenvalue weighted by Gasteiger charge is 2.30. The number of urea groups is 1. The van der Waals surface area contributed by atoms with Crippen molar-refractivity contribution >= 4 is 23.4 Å². The normalized spacial score (nSPS) is 17.1. The summed E-state index contributed by atoms with van der Waals surface area (Å²) in [4.78, 5) is 26.7. The summed E-state index contributed by atoms with van der Waals surface area (Å²) in [7, 11) is 1.56. The second-order valence-corrected chi connectivity index (χ2v) is 7.70. The Hall–Kier alpha value is -3.03. The van der Waals surface area contributed by atoms with Crippen LogP contribution in [0.4, 0.5) is 16.3 Å². The number of hydrogen-bond acceptors (Lipinski definition) is 4. The number of carbonyl (C=O) groups excluding carboxylic acids is 2. The fraction of sp³-hybridized carbons (Fsp3) is 0.476. The molecule has 1 aromatic heterocycles. The lowest BCUT2D eigenvalue weighted by Gasteiger charge is -2.32. The maximum Gasteiger partial charge on any atom is 0.324 e. The zero-order valence-corrected chi connectivity index (χ0v) is 16.6. The number of nitrogens with zero attached hydrogens (tertiary/aromatic N) is 3.